The summed E-state index contributed by atoms with van der Waals surface area (Å²) in [5.41, 5.74) is 1.60. The smallest absolute Gasteiger partial charge is 0.261 e. The van der Waals surface area contributed by atoms with Crippen LogP contribution in [0, 0.1) is 12.7 Å². The van der Waals surface area contributed by atoms with E-state index in [-0.39, 0.29) is 15.7 Å². The number of nitrogens with one attached hydrogen (secondary N) is 1. The zero-order valence-electron chi connectivity index (χ0n) is 15.8. The number of anilines is 1. The van der Waals surface area contributed by atoms with Gasteiger partial charge < -0.3 is 9.64 Å². The van der Waals surface area contributed by atoms with Crippen LogP contribution < -0.4 is 4.72 Å². The molecule has 1 heterocycles. The number of halogens is 1. The third-order valence-corrected chi connectivity index (χ3v) is 6.19. The first-order valence-electron chi connectivity index (χ1n) is 8.93. The van der Waals surface area contributed by atoms with Crippen LogP contribution in [0.4, 0.5) is 10.1 Å². The van der Waals surface area contributed by atoms with Crippen molar-refractivity contribution in [2.75, 3.05) is 31.0 Å². The Kier molecular flexibility index (Phi) is 6.61. The number of hydrogen-bond acceptors (Lipinski definition) is 5. The van der Waals surface area contributed by atoms with Crippen molar-refractivity contribution < 1.29 is 22.3 Å². The minimum Gasteiger partial charge on any atom is -0.378 e. The predicted octanol–water partition coefficient (Wildman–Crippen LogP) is 3.06. The van der Waals surface area contributed by atoms with Crippen LogP contribution in [0.1, 0.15) is 11.1 Å². The molecule has 1 aliphatic rings. The SMILES string of the molecule is Cc1cccc(NS(=O)(=O)c2ccc(F)cc2)c1C=C(S)C(=O)N1CCOCC1. The molecule has 2 aromatic carbocycles. The molecule has 1 aliphatic heterocycles. The summed E-state index contributed by atoms with van der Waals surface area (Å²) in [7, 11) is -3.93. The number of morpholine rings is 1. The Morgan fingerprint density at radius 1 is 1.17 bits per heavy atom. The summed E-state index contributed by atoms with van der Waals surface area (Å²) in [6, 6.07) is 9.65. The van der Waals surface area contributed by atoms with Crippen LogP contribution in [0.25, 0.3) is 6.08 Å². The fraction of sp³-hybridized carbons (Fsp3) is 0.250. The first kappa shape index (κ1) is 21.4. The van der Waals surface area contributed by atoms with Crippen LogP contribution >= 0.6 is 12.6 Å². The molecule has 29 heavy (non-hydrogen) atoms. The van der Waals surface area contributed by atoms with E-state index in [1.54, 1.807) is 23.1 Å². The Labute approximate surface area is 174 Å². The average Bonchev–Trinajstić information content (AvgIpc) is 2.70. The molecule has 0 aliphatic carbocycles. The number of carbonyl (C=O) groups excluding carboxylic acids is 1. The number of thiol groups is 1. The largest absolute Gasteiger partial charge is 0.378 e. The van der Waals surface area contributed by atoms with Gasteiger partial charge in [-0.05, 0) is 48.9 Å². The zero-order chi connectivity index (χ0) is 21.0. The topological polar surface area (TPSA) is 75.7 Å². The number of carbonyl (C=O) groups is 1. The molecule has 1 N–H and O–H groups in total. The number of amides is 1. The molecule has 0 radical (unpaired) electrons. The van der Waals surface area contributed by atoms with E-state index < -0.39 is 15.8 Å². The second kappa shape index (κ2) is 8.98. The van der Waals surface area contributed by atoms with Gasteiger partial charge in [0.1, 0.15) is 5.82 Å². The lowest BCUT2D eigenvalue weighted by atomic mass is 10.1. The third-order valence-electron chi connectivity index (χ3n) is 4.49. The van der Waals surface area contributed by atoms with Gasteiger partial charge in [0.15, 0.2) is 0 Å². The minimum atomic E-state index is -3.93. The Morgan fingerprint density at radius 2 is 1.83 bits per heavy atom. The normalized spacial score (nSPS) is 15.3. The van der Waals surface area contributed by atoms with E-state index in [4.69, 9.17) is 4.74 Å². The molecule has 154 valence electrons. The van der Waals surface area contributed by atoms with E-state index in [1.165, 1.54) is 12.1 Å². The molecular formula is C20H21FN2O4S2. The molecule has 1 fully saturated rings. The Morgan fingerprint density at radius 3 is 2.48 bits per heavy atom. The predicted molar refractivity (Wildman–Crippen MR) is 113 cm³/mol. The van der Waals surface area contributed by atoms with Crippen molar-refractivity contribution in [2.45, 2.75) is 11.8 Å². The molecular weight excluding hydrogens is 415 g/mol. The molecule has 6 nitrogen and oxygen atoms in total. The van der Waals surface area contributed by atoms with Crippen LogP contribution in [-0.4, -0.2) is 45.5 Å². The van der Waals surface area contributed by atoms with Crippen molar-refractivity contribution in [1.29, 1.82) is 0 Å². The maximum atomic E-state index is 13.1. The lowest BCUT2D eigenvalue weighted by Gasteiger charge is -2.26. The van der Waals surface area contributed by atoms with Crippen LogP contribution in [-0.2, 0) is 19.6 Å². The maximum absolute atomic E-state index is 13.1. The maximum Gasteiger partial charge on any atom is 0.261 e. The molecule has 1 amide bonds. The van der Waals surface area contributed by atoms with E-state index >= 15 is 0 Å². The highest BCUT2D eigenvalue weighted by molar-refractivity contribution is 7.92. The van der Waals surface area contributed by atoms with Crippen LogP contribution in [0.2, 0.25) is 0 Å². The van der Waals surface area contributed by atoms with Gasteiger partial charge in [-0.2, -0.15) is 0 Å². The molecule has 0 atom stereocenters. The second-order valence-corrected chi connectivity index (χ2v) is 8.69. The standard InChI is InChI=1S/C20H21FN2O4S2/c1-14-3-2-4-18(22-29(25,26)16-7-5-15(21)6-8-16)17(14)13-19(28)20(24)23-9-11-27-12-10-23/h2-8,13,22,28H,9-12H2,1H3. The quantitative estimate of drug-likeness (QED) is 0.558. The Bertz CT molecular complexity index is 1030. The lowest BCUT2D eigenvalue weighted by Crippen LogP contribution is -2.40. The minimum absolute atomic E-state index is 0.0641. The highest BCUT2D eigenvalue weighted by Crippen LogP contribution is 2.27. The van der Waals surface area contributed by atoms with Crippen molar-refractivity contribution >= 4 is 40.3 Å². The number of benzene rings is 2. The van der Waals surface area contributed by atoms with Gasteiger partial charge >= 0.3 is 0 Å². The molecule has 3 rings (SSSR count). The van der Waals surface area contributed by atoms with Crippen molar-refractivity contribution in [3.8, 4) is 0 Å². The Hall–Kier alpha value is -2.36. The van der Waals surface area contributed by atoms with Gasteiger partial charge in [0.05, 0.1) is 28.7 Å². The molecule has 2 aromatic rings. The van der Waals surface area contributed by atoms with E-state index in [9.17, 15) is 17.6 Å². The second-order valence-electron chi connectivity index (χ2n) is 6.53. The average molecular weight is 437 g/mol. The van der Waals surface area contributed by atoms with Crippen molar-refractivity contribution in [2.24, 2.45) is 0 Å². The van der Waals surface area contributed by atoms with Crippen LogP contribution in [0.15, 0.2) is 52.3 Å². The first-order chi connectivity index (χ1) is 13.8. The summed E-state index contributed by atoms with van der Waals surface area (Å²) in [6.07, 6.45) is 1.55. The van der Waals surface area contributed by atoms with E-state index in [1.807, 2.05) is 13.0 Å². The summed E-state index contributed by atoms with van der Waals surface area (Å²) in [6.45, 7) is 3.71. The lowest BCUT2D eigenvalue weighted by molar-refractivity contribution is -0.130. The number of ether oxygens (including phenoxy) is 1. The molecule has 0 bridgehead atoms. The molecule has 9 heteroatoms. The number of sulfonamides is 1. The first-order valence-corrected chi connectivity index (χ1v) is 10.9. The van der Waals surface area contributed by atoms with Gasteiger partial charge in [-0.15, -0.1) is 12.6 Å². The van der Waals surface area contributed by atoms with Gasteiger partial charge in [0, 0.05) is 18.7 Å². The van der Waals surface area contributed by atoms with Gasteiger partial charge in [0.2, 0.25) is 0 Å². The number of rotatable bonds is 5. The number of nitrogens with zero attached hydrogens (tertiary/aromatic N) is 1. The van der Waals surface area contributed by atoms with E-state index in [2.05, 4.69) is 17.4 Å². The van der Waals surface area contributed by atoms with E-state index in [0.29, 0.717) is 37.6 Å². The monoisotopic (exact) mass is 436 g/mol. The fourth-order valence-electron chi connectivity index (χ4n) is 2.91. The van der Waals surface area contributed by atoms with E-state index in [0.717, 1.165) is 17.7 Å². The highest BCUT2D eigenvalue weighted by Gasteiger charge is 2.20. The summed E-state index contributed by atoms with van der Waals surface area (Å²) in [5, 5.41) is 0. The molecule has 0 saturated carbocycles. The van der Waals surface area contributed by atoms with Gasteiger partial charge in [0.25, 0.3) is 15.9 Å². The fourth-order valence-corrected chi connectivity index (χ4v) is 4.26. The molecule has 1 saturated heterocycles. The molecule has 0 spiro atoms. The van der Waals surface area contributed by atoms with Gasteiger partial charge in [-0.1, -0.05) is 12.1 Å². The summed E-state index contributed by atoms with van der Waals surface area (Å²) >= 11 is 4.34. The molecule has 0 aromatic heterocycles. The Balaban J connectivity index is 1.91. The summed E-state index contributed by atoms with van der Waals surface area (Å²) in [4.78, 5) is 14.4. The van der Waals surface area contributed by atoms with Crippen LogP contribution in [0.5, 0.6) is 0 Å². The van der Waals surface area contributed by atoms with Crippen molar-refractivity contribution in [1.82, 2.24) is 4.90 Å². The summed E-state index contributed by atoms with van der Waals surface area (Å²) < 4.78 is 46.2. The van der Waals surface area contributed by atoms with Crippen molar-refractivity contribution in [3.63, 3.8) is 0 Å². The zero-order valence-corrected chi connectivity index (χ0v) is 17.5. The third kappa shape index (κ3) is 5.17. The highest BCUT2D eigenvalue weighted by atomic mass is 32.2. The number of aryl methyl sites for hydroxylation is 1. The number of hydrogen-bond donors (Lipinski definition) is 2. The molecule has 0 unspecified atom stereocenters. The van der Waals surface area contributed by atoms with Crippen molar-refractivity contribution in [3.05, 3.63) is 64.3 Å². The summed E-state index contributed by atoms with van der Waals surface area (Å²) in [5.74, 6) is -0.767. The van der Waals surface area contributed by atoms with Crippen LogP contribution in [0.3, 0.4) is 0 Å². The van der Waals surface area contributed by atoms with Gasteiger partial charge in [-0.3, -0.25) is 9.52 Å². The van der Waals surface area contributed by atoms with Gasteiger partial charge in [-0.25, -0.2) is 12.8 Å².